The zero-order valence-corrected chi connectivity index (χ0v) is 16.6. The van der Waals surface area contributed by atoms with Gasteiger partial charge in [0.25, 0.3) is 15.7 Å². The standard InChI is InChI=1S/C18H18F3N3O5S/c1-12-2-4-14(11-17(12)24(25)26)30(27,28)22-15-10-13(18(19,20)21)3-5-16(15)23-6-8-29-9-7-23/h2-5,10-11,22H,6-9H2,1H3. The van der Waals surface area contributed by atoms with Crippen LogP contribution in [0, 0.1) is 17.0 Å². The van der Waals surface area contributed by atoms with Crippen molar-refractivity contribution in [3.05, 3.63) is 57.6 Å². The molecule has 3 rings (SSSR count). The van der Waals surface area contributed by atoms with Gasteiger partial charge in [0.1, 0.15) is 0 Å². The summed E-state index contributed by atoms with van der Waals surface area (Å²) in [6.45, 7) is 2.88. The van der Waals surface area contributed by atoms with E-state index in [1.807, 2.05) is 0 Å². The van der Waals surface area contributed by atoms with Crippen LogP contribution in [0.5, 0.6) is 0 Å². The summed E-state index contributed by atoms with van der Waals surface area (Å²) in [6, 6.07) is 6.09. The van der Waals surface area contributed by atoms with E-state index in [4.69, 9.17) is 4.74 Å². The molecule has 0 atom stereocenters. The second kappa shape index (κ2) is 8.11. The topological polar surface area (TPSA) is 102 Å². The third-order valence-corrected chi connectivity index (χ3v) is 5.97. The lowest BCUT2D eigenvalue weighted by Gasteiger charge is -2.31. The first-order valence-electron chi connectivity index (χ1n) is 8.81. The molecule has 0 aromatic heterocycles. The number of hydrogen-bond donors (Lipinski definition) is 1. The van der Waals surface area contributed by atoms with Crippen molar-refractivity contribution in [2.45, 2.75) is 18.0 Å². The zero-order valence-electron chi connectivity index (χ0n) is 15.8. The Balaban J connectivity index is 2.05. The maximum absolute atomic E-state index is 13.2. The summed E-state index contributed by atoms with van der Waals surface area (Å²) in [7, 11) is -4.39. The quantitative estimate of drug-likeness (QED) is 0.558. The van der Waals surface area contributed by atoms with Gasteiger partial charge in [-0.3, -0.25) is 14.8 Å². The Bertz CT molecular complexity index is 1070. The molecule has 1 aliphatic heterocycles. The van der Waals surface area contributed by atoms with Gasteiger partial charge in [0, 0.05) is 24.7 Å². The lowest BCUT2D eigenvalue weighted by Crippen LogP contribution is -2.36. The lowest BCUT2D eigenvalue weighted by atomic mass is 10.1. The summed E-state index contributed by atoms with van der Waals surface area (Å²) in [4.78, 5) is 11.7. The minimum atomic E-state index is -4.67. The second-order valence-corrected chi connectivity index (χ2v) is 8.32. The Morgan fingerprint density at radius 1 is 1.13 bits per heavy atom. The van der Waals surface area contributed by atoms with Crippen LogP contribution >= 0.6 is 0 Å². The molecule has 0 spiro atoms. The first kappa shape index (κ1) is 21.8. The smallest absolute Gasteiger partial charge is 0.378 e. The SMILES string of the molecule is Cc1ccc(S(=O)(=O)Nc2cc(C(F)(F)F)ccc2N2CCOCC2)cc1[N+](=O)[O-]. The molecule has 0 bridgehead atoms. The number of sulfonamides is 1. The monoisotopic (exact) mass is 445 g/mol. The number of alkyl halides is 3. The van der Waals surface area contributed by atoms with Crippen LogP contribution in [-0.2, 0) is 20.9 Å². The number of ether oxygens (including phenoxy) is 1. The van der Waals surface area contributed by atoms with E-state index >= 15 is 0 Å². The maximum atomic E-state index is 13.2. The van der Waals surface area contributed by atoms with Crippen LogP contribution in [0.2, 0.25) is 0 Å². The van der Waals surface area contributed by atoms with Gasteiger partial charge in [0.15, 0.2) is 0 Å². The van der Waals surface area contributed by atoms with Gasteiger partial charge in [-0.05, 0) is 31.2 Å². The Labute approximate surface area is 170 Å². The summed E-state index contributed by atoms with van der Waals surface area (Å²) < 4.78 is 72.6. The number of anilines is 2. The van der Waals surface area contributed by atoms with Crippen LogP contribution in [0.1, 0.15) is 11.1 Å². The van der Waals surface area contributed by atoms with Crippen molar-refractivity contribution in [2.75, 3.05) is 35.9 Å². The molecule has 12 heteroatoms. The highest BCUT2D eigenvalue weighted by Crippen LogP contribution is 2.37. The minimum Gasteiger partial charge on any atom is -0.378 e. The Hall–Kier alpha value is -2.86. The van der Waals surface area contributed by atoms with E-state index in [9.17, 15) is 31.7 Å². The predicted octanol–water partition coefficient (Wildman–Crippen LogP) is 3.56. The van der Waals surface area contributed by atoms with Gasteiger partial charge >= 0.3 is 6.18 Å². The molecular weight excluding hydrogens is 427 g/mol. The molecule has 1 N–H and O–H groups in total. The van der Waals surface area contributed by atoms with Crippen LogP contribution in [0.3, 0.4) is 0 Å². The van der Waals surface area contributed by atoms with Crippen molar-refractivity contribution >= 4 is 27.1 Å². The number of nitro benzene ring substituents is 1. The molecule has 1 aliphatic rings. The largest absolute Gasteiger partial charge is 0.416 e. The normalized spacial score (nSPS) is 15.1. The molecule has 162 valence electrons. The van der Waals surface area contributed by atoms with Crippen LogP contribution in [0.15, 0.2) is 41.3 Å². The first-order valence-corrected chi connectivity index (χ1v) is 10.3. The molecule has 0 saturated carbocycles. The van der Waals surface area contributed by atoms with Gasteiger partial charge < -0.3 is 9.64 Å². The highest BCUT2D eigenvalue weighted by Gasteiger charge is 2.32. The second-order valence-electron chi connectivity index (χ2n) is 6.64. The van der Waals surface area contributed by atoms with Crippen LogP contribution in [0.25, 0.3) is 0 Å². The van der Waals surface area contributed by atoms with E-state index < -0.39 is 37.3 Å². The molecule has 30 heavy (non-hydrogen) atoms. The molecule has 1 heterocycles. The van der Waals surface area contributed by atoms with Crippen molar-refractivity contribution in [1.82, 2.24) is 0 Å². The molecule has 0 aliphatic carbocycles. The van der Waals surface area contributed by atoms with Crippen LogP contribution in [0.4, 0.5) is 30.2 Å². The molecule has 0 unspecified atom stereocenters. The number of nitrogens with zero attached hydrogens (tertiary/aromatic N) is 2. The fraction of sp³-hybridized carbons (Fsp3) is 0.333. The summed E-state index contributed by atoms with van der Waals surface area (Å²) in [5.74, 6) is 0. The number of morpholine rings is 1. The predicted molar refractivity (Wildman–Crippen MR) is 103 cm³/mol. The van der Waals surface area contributed by atoms with E-state index in [-0.39, 0.29) is 16.9 Å². The van der Waals surface area contributed by atoms with Gasteiger partial charge in [-0.2, -0.15) is 13.2 Å². The highest BCUT2D eigenvalue weighted by atomic mass is 32.2. The molecule has 2 aromatic rings. The first-order chi connectivity index (χ1) is 14.0. The van der Waals surface area contributed by atoms with E-state index in [0.29, 0.717) is 32.4 Å². The van der Waals surface area contributed by atoms with Gasteiger partial charge in [-0.25, -0.2) is 8.42 Å². The Morgan fingerprint density at radius 3 is 2.40 bits per heavy atom. The fourth-order valence-electron chi connectivity index (χ4n) is 3.03. The Morgan fingerprint density at radius 2 is 1.80 bits per heavy atom. The molecule has 0 amide bonds. The van der Waals surface area contributed by atoms with Gasteiger partial charge in [0.05, 0.1) is 40.0 Å². The number of nitro groups is 1. The third-order valence-electron chi connectivity index (χ3n) is 4.61. The zero-order chi connectivity index (χ0) is 22.1. The van der Waals surface area contributed by atoms with Gasteiger partial charge in [0.2, 0.25) is 0 Å². The number of hydrogen-bond acceptors (Lipinski definition) is 6. The van der Waals surface area contributed by atoms with E-state index in [0.717, 1.165) is 18.2 Å². The van der Waals surface area contributed by atoms with Crippen molar-refractivity contribution < 1.29 is 31.2 Å². The van der Waals surface area contributed by atoms with Crippen LogP contribution in [-0.4, -0.2) is 39.6 Å². The van der Waals surface area contributed by atoms with Crippen molar-refractivity contribution in [1.29, 1.82) is 0 Å². The fourth-order valence-corrected chi connectivity index (χ4v) is 4.12. The molecule has 1 saturated heterocycles. The van der Waals surface area contributed by atoms with Crippen molar-refractivity contribution in [3.8, 4) is 0 Å². The number of benzene rings is 2. The lowest BCUT2D eigenvalue weighted by molar-refractivity contribution is -0.385. The highest BCUT2D eigenvalue weighted by molar-refractivity contribution is 7.92. The Kier molecular flexibility index (Phi) is 5.90. The van der Waals surface area contributed by atoms with E-state index in [1.165, 1.54) is 19.1 Å². The number of rotatable bonds is 5. The number of nitrogens with one attached hydrogen (secondary N) is 1. The average Bonchev–Trinajstić information content (AvgIpc) is 2.67. The third kappa shape index (κ3) is 4.65. The summed E-state index contributed by atoms with van der Waals surface area (Å²) in [5, 5.41) is 11.1. The number of halogens is 3. The van der Waals surface area contributed by atoms with Gasteiger partial charge in [-0.1, -0.05) is 6.07 Å². The molecule has 1 fully saturated rings. The molecular formula is C18H18F3N3O5S. The molecule has 2 aromatic carbocycles. The van der Waals surface area contributed by atoms with Gasteiger partial charge in [-0.15, -0.1) is 0 Å². The van der Waals surface area contributed by atoms with Crippen molar-refractivity contribution in [2.24, 2.45) is 0 Å². The summed E-state index contributed by atoms with van der Waals surface area (Å²) in [6.07, 6.45) is -4.67. The van der Waals surface area contributed by atoms with Crippen LogP contribution < -0.4 is 9.62 Å². The van der Waals surface area contributed by atoms with E-state index in [2.05, 4.69) is 4.72 Å². The van der Waals surface area contributed by atoms with E-state index in [1.54, 1.807) is 4.90 Å². The average molecular weight is 445 g/mol. The summed E-state index contributed by atoms with van der Waals surface area (Å²) >= 11 is 0. The molecule has 0 radical (unpaired) electrons. The molecule has 8 nitrogen and oxygen atoms in total. The van der Waals surface area contributed by atoms with Crippen molar-refractivity contribution in [3.63, 3.8) is 0 Å². The summed E-state index contributed by atoms with van der Waals surface area (Å²) in [5.41, 5.74) is -1.18. The minimum absolute atomic E-state index is 0.257. The number of aryl methyl sites for hydroxylation is 1. The maximum Gasteiger partial charge on any atom is 0.416 e.